The summed E-state index contributed by atoms with van der Waals surface area (Å²) in [7, 11) is 0. The van der Waals surface area contributed by atoms with Gasteiger partial charge in [0.15, 0.2) is 0 Å². The molecule has 21 heavy (non-hydrogen) atoms. The molecule has 0 saturated carbocycles. The summed E-state index contributed by atoms with van der Waals surface area (Å²) < 4.78 is 0. The first-order valence-corrected chi connectivity index (χ1v) is 7.36. The average molecular weight is 305 g/mol. The van der Waals surface area contributed by atoms with E-state index < -0.39 is 5.97 Å². The summed E-state index contributed by atoms with van der Waals surface area (Å²) in [5, 5.41) is 8.57. The van der Waals surface area contributed by atoms with Gasteiger partial charge in [0.1, 0.15) is 0 Å². The Kier molecular flexibility index (Phi) is 4.47. The second-order valence-electron chi connectivity index (χ2n) is 4.74. The molecule has 110 valence electrons. The molecule has 1 aliphatic heterocycles. The number of hydrogen-bond acceptors (Lipinski definition) is 4. The summed E-state index contributed by atoms with van der Waals surface area (Å²) in [6, 6.07) is 6.03. The number of imide groups is 1. The quantitative estimate of drug-likeness (QED) is 0.864. The van der Waals surface area contributed by atoms with Crippen LogP contribution in [0.2, 0.25) is 0 Å². The monoisotopic (exact) mass is 305 g/mol. The normalized spacial score (nSPS) is 18.4. The van der Waals surface area contributed by atoms with E-state index in [0.29, 0.717) is 16.9 Å². The molecule has 1 heterocycles. The summed E-state index contributed by atoms with van der Waals surface area (Å²) in [4.78, 5) is 36.5. The van der Waals surface area contributed by atoms with Crippen LogP contribution in [0.15, 0.2) is 29.2 Å². The molecule has 1 N–H and O–H groups in total. The predicted octanol–water partition coefficient (Wildman–Crippen LogP) is 3.22. The number of carboxylic acid groups (broad SMARTS) is 1. The maximum absolute atomic E-state index is 12.2. The molecule has 2 amide bonds. The number of thioether (sulfide) groups is 1. The van der Waals surface area contributed by atoms with E-state index in [2.05, 4.69) is 0 Å². The lowest BCUT2D eigenvalue weighted by Gasteiger charge is -2.19. The van der Waals surface area contributed by atoms with Crippen molar-refractivity contribution in [2.24, 2.45) is 0 Å². The molecular formula is C15H15NO4S. The molecule has 1 fully saturated rings. The molecule has 1 atom stereocenters. The Labute approximate surface area is 126 Å². The number of hydrogen-bond donors (Lipinski definition) is 1. The van der Waals surface area contributed by atoms with Crippen molar-refractivity contribution in [3.63, 3.8) is 0 Å². The number of benzene rings is 1. The number of carboxylic acids is 1. The highest BCUT2D eigenvalue weighted by Gasteiger charge is 2.37. The summed E-state index contributed by atoms with van der Waals surface area (Å²) in [5.41, 5.74) is 0.870. The fourth-order valence-corrected chi connectivity index (χ4v) is 2.85. The van der Waals surface area contributed by atoms with Crippen molar-refractivity contribution in [3.8, 4) is 0 Å². The summed E-state index contributed by atoms with van der Waals surface area (Å²) in [5.74, 6) is -1.29. The predicted molar refractivity (Wildman–Crippen MR) is 81.0 cm³/mol. The van der Waals surface area contributed by atoms with Crippen LogP contribution >= 0.6 is 11.8 Å². The molecule has 0 unspecified atom stereocenters. The SMILES string of the molecule is CC[C@@H](C)N1C(=O)S/C(=C/c2ccc(C(=O)O)cc2)C1=O. The van der Waals surface area contributed by atoms with Gasteiger partial charge in [-0.05, 0) is 48.9 Å². The van der Waals surface area contributed by atoms with Crippen LogP contribution in [0, 0.1) is 0 Å². The standard InChI is InChI=1S/C15H15NO4S/c1-3-9(2)16-13(17)12(21-15(16)20)8-10-4-6-11(7-5-10)14(18)19/h4-9H,3H2,1-2H3,(H,18,19)/b12-8+/t9-/m1/s1. The van der Waals surface area contributed by atoms with E-state index in [-0.39, 0.29) is 22.8 Å². The van der Waals surface area contributed by atoms with E-state index in [1.807, 2.05) is 13.8 Å². The summed E-state index contributed by atoms with van der Waals surface area (Å²) in [6.07, 6.45) is 2.32. The highest BCUT2D eigenvalue weighted by atomic mass is 32.2. The molecule has 6 heteroatoms. The Morgan fingerprint density at radius 3 is 2.48 bits per heavy atom. The lowest BCUT2D eigenvalue weighted by Crippen LogP contribution is -2.36. The van der Waals surface area contributed by atoms with Gasteiger partial charge in [0.2, 0.25) is 0 Å². The molecule has 0 spiro atoms. The van der Waals surface area contributed by atoms with E-state index >= 15 is 0 Å². The van der Waals surface area contributed by atoms with Crippen molar-refractivity contribution in [3.05, 3.63) is 40.3 Å². The van der Waals surface area contributed by atoms with Crippen LogP contribution in [-0.4, -0.2) is 33.2 Å². The van der Waals surface area contributed by atoms with Crippen LogP contribution in [0.5, 0.6) is 0 Å². The number of nitrogens with zero attached hydrogens (tertiary/aromatic N) is 1. The largest absolute Gasteiger partial charge is 0.478 e. The zero-order valence-corrected chi connectivity index (χ0v) is 12.5. The molecule has 1 aliphatic rings. The topological polar surface area (TPSA) is 74.7 Å². The van der Waals surface area contributed by atoms with Crippen molar-refractivity contribution in [2.75, 3.05) is 0 Å². The van der Waals surface area contributed by atoms with Crippen LogP contribution in [0.25, 0.3) is 6.08 Å². The molecule has 1 saturated heterocycles. The molecule has 0 bridgehead atoms. The Hall–Kier alpha value is -2.08. The third-order valence-corrected chi connectivity index (χ3v) is 4.19. The number of carbonyl (C=O) groups excluding carboxylic acids is 2. The minimum atomic E-state index is -1.00. The smallest absolute Gasteiger partial charge is 0.335 e. The number of carbonyl (C=O) groups is 3. The minimum absolute atomic E-state index is 0.127. The van der Waals surface area contributed by atoms with Gasteiger partial charge >= 0.3 is 5.97 Å². The van der Waals surface area contributed by atoms with Crippen molar-refractivity contribution < 1.29 is 19.5 Å². The van der Waals surface area contributed by atoms with Crippen LogP contribution in [0.3, 0.4) is 0 Å². The van der Waals surface area contributed by atoms with E-state index in [1.54, 1.807) is 18.2 Å². The molecule has 2 rings (SSSR count). The molecule has 1 aromatic rings. The van der Waals surface area contributed by atoms with E-state index in [4.69, 9.17) is 5.11 Å². The number of aromatic carboxylic acids is 1. The molecule has 0 aliphatic carbocycles. The zero-order chi connectivity index (χ0) is 15.6. The highest BCUT2D eigenvalue weighted by Crippen LogP contribution is 2.34. The van der Waals surface area contributed by atoms with Gasteiger partial charge in [0.05, 0.1) is 10.5 Å². The van der Waals surface area contributed by atoms with Gasteiger partial charge in [-0.25, -0.2) is 4.79 Å². The lowest BCUT2D eigenvalue weighted by molar-refractivity contribution is -0.124. The second kappa shape index (κ2) is 6.13. The zero-order valence-electron chi connectivity index (χ0n) is 11.7. The van der Waals surface area contributed by atoms with Crippen LogP contribution in [0.4, 0.5) is 4.79 Å². The molecule has 0 radical (unpaired) electrons. The van der Waals surface area contributed by atoms with Gasteiger partial charge in [0.25, 0.3) is 11.1 Å². The number of rotatable bonds is 4. The second-order valence-corrected chi connectivity index (χ2v) is 5.73. The van der Waals surface area contributed by atoms with E-state index in [1.165, 1.54) is 17.0 Å². The Bertz CT molecular complexity index is 621. The van der Waals surface area contributed by atoms with Crippen LogP contribution in [0.1, 0.15) is 36.2 Å². The van der Waals surface area contributed by atoms with E-state index in [9.17, 15) is 14.4 Å². The van der Waals surface area contributed by atoms with Gasteiger partial charge in [-0.1, -0.05) is 19.1 Å². The average Bonchev–Trinajstić information content (AvgIpc) is 2.73. The van der Waals surface area contributed by atoms with Crippen LogP contribution in [-0.2, 0) is 4.79 Å². The Balaban J connectivity index is 2.24. The van der Waals surface area contributed by atoms with Crippen molar-refractivity contribution in [2.45, 2.75) is 26.3 Å². The fraction of sp³-hybridized carbons (Fsp3) is 0.267. The summed E-state index contributed by atoms with van der Waals surface area (Å²) in [6.45, 7) is 3.75. The van der Waals surface area contributed by atoms with Gasteiger partial charge in [-0.3, -0.25) is 14.5 Å². The Morgan fingerprint density at radius 1 is 1.33 bits per heavy atom. The van der Waals surface area contributed by atoms with Gasteiger partial charge in [0, 0.05) is 6.04 Å². The first-order valence-electron chi connectivity index (χ1n) is 6.54. The molecular weight excluding hydrogens is 290 g/mol. The first kappa shape index (κ1) is 15.3. The van der Waals surface area contributed by atoms with Gasteiger partial charge < -0.3 is 5.11 Å². The van der Waals surface area contributed by atoms with Crippen LogP contribution < -0.4 is 0 Å². The molecule has 5 nitrogen and oxygen atoms in total. The maximum atomic E-state index is 12.2. The van der Waals surface area contributed by atoms with Crippen molar-refractivity contribution >= 4 is 35.0 Å². The van der Waals surface area contributed by atoms with Crippen molar-refractivity contribution in [1.29, 1.82) is 0 Å². The fourth-order valence-electron chi connectivity index (χ4n) is 1.92. The molecule has 0 aromatic heterocycles. The third kappa shape index (κ3) is 3.16. The highest BCUT2D eigenvalue weighted by molar-refractivity contribution is 8.18. The van der Waals surface area contributed by atoms with Gasteiger partial charge in [-0.15, -0.1) is 0 Å². The third-order valence-electron chi connectivity index (χ3n) is 3.31. The summed E-state index contributed by atoms with van der Waals surface area (Å²) >= 11 is 0.913. The van der Waals surface area contributed by atoms with Crippen molar-refractivity contribution in [1.82, 2.24) is 4.90 Å². The maximum Gasteiger partial charge on any atom is 0.335 e. The molecule has 1 aromatic carbocycles. The first-order chi connectivity index (χ1) is 9.93. The van der Waals surface area contributed by atoms with E-state index in [0.717, 1.165) is 11.8 Å². The number of amides is 2. The minimum Gasteiger partial charge on any atom is -0.478 e. The Morgan fingerprint density at radius 2 is 1.95 bits per heavy atom. The lowest BCUT2D eigenvalue weighted by atomic mass is 10.1. The van der Waals surface area contributed by atoms with Gasteiger partial charge in [-0.2, -0.15) is 0 Å².